The molecule has 0 saturated heterocycles. The highest BCUT2D eigenvalue weighted by Gasteiger charge is 2.25. The molecule has 0 aliphatic heterocycles. The highest BCUT2D eigenvalue weighted by atomic mass is 28.3. The third kappa shape index (κ3) is 14.0. The summed E-state index contributed by atoms with van der Waals surface area (Å²) < 4.78 is 40.4. The third-order valence-corrected chi connectivity index (χ3v) is 3.57. The molecule has 0 aromatic carbocycles. The minimum Gasteiger partial charge on any atom is -0.381 e. The molecule has 0 spiro atoms. The lowest BCUT2D eigenvalue weighted by atomic mass is 10.2. The van der Waals surface area contributed by atoms with Gasteiger partial charge in [0.05, 0.1) is 0 Å². The second-order valence-electron chi connectivity index (χ2n) is 4.83. The van der Waals surface area contributed by atoms with E-state index in [4.69, 9.17) is 4.74 Å². The highest BCUT2D eigenvalue weighted by Crippen LogP contribution is 2.21. The van der Waals surface area contributed by atoms with Gasteiger partial charge in [-0.25, -0.2) is 0 Å². The van der Waals surface area contributed by atoms with E-state index in [2.05, 4.69) is 19.6 Å². The van der Waals surface area contributed by atoms with Crippen LogP contribution >= 0.6 is 0 Å². The largest absolute Gasteiger partial charge is 0.389 e. The van der Waals surface area contributed by atoms with E-state index in [0.29, 0.717) is 13.2 Å². The molecule has 0 saturated carbocycles. The minimum absolute atomic E-state index is 0.0520. The Morgan fingerprint density at radius 2 is 1.80 bits per heavy atom. The van der Waals surface area contributed by atoms with Crippen LogP contribution in [0.4, 0.5) is 13.2 Å². The van der Waals surface area contributed by atoms with Gasteiger partial charge < -0.3 is 4.74 Å². The van der Waals surface area contributed by atoms with Crippen LogP contribution in [-0.2, 0) is 4.74 Å². The van der Waals surface area contributed by atoms with Crippen molar-refractivity contribution in [3.63, 3.8) is 0 Å². The summed E-state index contributed by atoms with van der Waals surface area (Å²) in [5, 5.41) is 0. The Hall–Kier alpha value is -0.0331. The average Bonchev–Trinajstić information content (AvgIpc) is 1.98. The summed E-state index contributed by atoms with van der Waals surface area (Å²) in [4.78, 5) is 0. The lowest BCUT2D eigenvalue weighted by Crippen LogP contribution is -2.21. The van der Waals surface area contributed by atoms with Gasteiger partial charge in [-0.05, 0) is 18.9 Å². The van der Waals surface area contributed by atoms with Crippen molar-refractivity contribution >= 4 is 8.07 Å². The van der Waals surface area contributed by atoms with E-state index in [-0.39, 0.29) is 6.42 Å². The van der Waals surface area contributed by atoms with Crippen LogP contribution in [0.2, 0.25) is 25.7 Å². The molecule has 0 unspecified atom stereocenters. The zero-order valence-electron chi connectivity index (χ0n) is 9.66. The summed E-state index contributed by atoms with van der Waals surface area (Å²) in [5.41, 5.74) is 0. The number of hydrogen-bond donors (Lipinski definition) is 0. The molecule has 0 bridgehead atoms. The molecule has 0 aromatic heterocycles. The topological polar surface area (TPSA) is 9.23 Å². The van der Waals surface area contributed by atoms with Crippen molar-refractivity contribution in [1.29, 1.82) is 0 Å². The second-order valence-corrected chi connectivity index (χ2v) is 10.4. The summed E-state index contributed by atoms with van der Waals surface area (Å²) in [7, 11) is -1.07. The molecule has 91 valence electrons. The Kier molecular flexibility index (Phi) is 6.51. The molecular formula is C10H20F3OSi. The van der Waals surface area contributed by atoms with E-state index in [1.807, 2.05) is 0 Å². The van der Waals surface area contributed by atoms with E-state index in [1.165, 1.54) is 0 Å². The van der Waals surface area contributed by atoms with Crippen LogP contribution in [0.15, 0.2) is 0 Å². The monoisotopic (exact) mass is 241 g/mol. The molecule has 0 fully saturated rings. The SMILES string of the molecule is C[Si](C)(C)CCOC[CH]CCC(F)(F)F. The predicted octanol–water partition coefficient (Wildman–Crippen LogP) is 3.89. The van der Waals surface area contributed by atoms with Crippen LogP contribution in [0.1, 0.15) is 12.8 Å². The van der Waals surface area contributed by atoms with Crippen LogP contribution in [0.5, 0.6) is 0 Å². The Morgan fingerprint density at radius 1 is 1.20 bits per heavy atom. The first kappa shape index (κ1) is 15.0. The molecule has 0 heterocycles. The molecule has 0 rings (SSSR count). The molecule has 15 heavy (non-hydrogen) atoms. The molecule has 0 atom stereocenters. The van der Waals surface area contributed by atoms with Crippen LogP contribution in [-0.4, -0.2) is 27.5 Å². The van der Waals surface area contributed by atoms with Crippen molar-refractivity contribution in [3.05, 3.63) is 6.42 Å². The van der Waals surface area contributed by atoms with Crippen molar-refractivity contribution in [2.75, 3.05) is 13.2 Å². The molecule has 1 nitrogen and oxygen atoms in total. The van der Waals surface area contributed by atoms with E-state index >= 15 is 0 Å². The first-order valence-electron chi connectivity index (χ1n) is 5.17. The van der Waals surface area contributed by atoms with E-state index in [9.17, 15) is 13.2 Å². The van der Waals surface area contributed by atoms with Gasteiger partial charge in [-0.1, -0.05) is 19.6 Å². The molecule has 5 heteroatoms. The zero-order valence-corrected chi connectivity index (χ0v) is 10.7. The van der Waals surface area contributed by atoms with Crippen LogP contribution < -0.4 is 0 Å². The second kappa shape index (κ2) is 6.53. The van der Waals surface area contributed by atoms with Gasteiger partial charge >= 0.3 is 6.18 Å². The van der Waals surface area contributed by atoms with Gasteiger partial charge in [-0.3, -0.25) is 0 Å². The third-order valence-electron chi connectivity index (χ3n) is 1.86. The number of alkyl halides is 3. The lowest BCUT2D eigenvalue weighted by Gasteiger charge is -2.15. The zero-order chi connectivity index (χ0) is 11.9. The number of halogens is 3. The normalized spacial score (nSPS) is 13.2. The van der Waals surface area contributed by atoms with Crippen molar-refractivity contribution in [2.24, 2.45) is 0 Å². The van der Waals surface area contributed by atoms with Crippen molar-refractivity contribution in [1.82, 2.24) is 0 Å². The fraction of sp³-hybridized carbons (Fsp3) is 0.900. The summed E-state index contributed by atoms with van der Waals surface area (Å²) in [6.45, 7) is 7.72. The number of ether oxygens (including phenoxy) is 1. The van der Waals surface area contributed by atoms with Gasteiger partial charge in [-0.2, -0.15) is 13.2 Å². The summed E-state index contributed by atoms with van der Waals surface area (Å²) >= 11 is 0. The molecular weight excluding hydrogens is 221 g/mol. The first-order valence-corrected chi connectivity index (χ1v) is 8.88. The maximum Gasteiger partial charge on any atom is 0.389 e. The predicted molar refractivity (Wildman–Crippen MR) is 58.6 cm³/mol. The minimum atomic E-state index is -4.05. The number of rotatable bonds is 7. The van der Waals surface area contributed by atoms with Gasteiger partial charge in [0.25, 0.3) is 0 Å². The van der Waals surface area contributed by atoms with Crippen molar-refractivity contribution in [3.8, 4) is 0 Å². The fourth-order valence-electron chi connectivity index (χ4n) is 0.894. The lowest BCUT2D eigenvalue weighted by molar-refractivity contribution is -0.134. The van der Waals surface area contributed by atoms with Gasteiger partial charge in [0.15, 0.2) is 0 Å². The van der Waals surface area contributed by atoms with E-state index in [0.717, 1.165) is 6.04 Å². The Morgan fingerprint density at radius 3 is 2.27 bits per heavy atom. The summed E-state index contributed by atoms with van der Waals surface area (Å²) in [6, 6.07) is 1.06. The molecule has 0 amide bonds. The van der Waals surface area contributed by atoms with Crippen molar-refractivity contribution < 1.29 is 17.9 Å². The van der Waals surface area contributed by atoms with Gasteiger partial charge in [0.2, 0.25) is 0 Å². The number of unbranched alkanes of at least 4 members (excludes halogenated alkanes) is 1. The summed E-state index contributed by atoms with van der Waals surface area (Å²) in [5.74, 6) is 0. The Bertz CT molecular complexity index is 145. The van der Waals surface area contributed by atoms with Gasteiger partial charge in [0, 0.05) is 27.7 Å². The highest BCUT2D eigenvalue weighted by molar-refractivity contribution is 6.76. The standard InChI is InChI=1S/C10H20F3OSi/c1-15(2,3)9-8-14-7-5-4-6-10(11,12)13/h5H,4,6-9H2,1-3H3. The molecule has 0 aliphatic carbocycles. The van der Waals surface area contributed by atoms with Crippen LogP contribution in [0.25, 0.3) is 0 Å². The average molecular weight is 241 g/mol. The maximum atomic E-state index is 11.7. The van der Waals surface area contributed by atoms with Gasteiger partial charge in [0.1, 0.15) is 0 Å². The van der Waals surface area contributed by atoms with E-state index < -0.39 is 20.7 Å². The van der Waals surface area contributed by atoms with Crippen molar-refractivity contribution in [2.45, 2.75) is 44.7 Å². The smallest absolute Gasteiger partial charge is 0.381 e. The molecule has 0 aromatic rings. The fourth-order valence-corrected chi connectivity index (χ4v) is 1.65. The molecule has 1 radical (unpaired) electrons. The molecule has 0 aliphatic rings. The van der Waals surface area contributed by atoms with Crippen LogP contribution in [0.3, 0.4) is 0 Å². The Balaban J connectivity index is 3.20. The maximum absolute atomic E-state index is 11.7. The molecule has 0 N–H and O–H groups in total. The Labute approximate surface area is 91.0 Å². The van der Waals surface area contributed by atoms with Gasteiger partial charge in [-0.15, -0.1) is 0 Å². The summed E-state index contributed by atoms with van der Waals surface area (Å²) in [6.07, 6.45) is -3.19. The van der Waals surface area contributed by atoms with Crippen LogP contribution in [0, 0.1) is 6.42 Å². The van der Waals surface area contributed by atoms with E-state index in [1.54, 1.807) is 6.42 Å². The number of hydrogen-bond acceptors (Lipinski definition) is 1. The first-order chi connectivity index (χ1) is 6.71. The quantitative estimate of drug-likeness (QED) is 0.485.